The van der Waals surface area contributed by atoms with Crippen LogP contribution in [-0.4, -0.2) is 14.1 Å². The van der Waals surface area contributed by atoms with E-state index in [1.165, 1.54) is 17.4 Å². The van der Waals surface area contributed by atoms with Crippen LogP contribution in [0.2, 0.25) is 4.34 Å². The summed E-state index contributed by atoms with van der Waals surface area (Å²) < 4.78 is 10.1. The first-order valence-corrected chi connectivity index (χ1v) is 9.80. The summed E-state index contributed by atoms with van der Waals surface area (Å²) in [5.74, 6) is 1.56. The summed E-state index contributed by atoms with van der Waals surface area (Å²) in [6.45, 7) is 2.47. The Hall–Kier alpha value is -2.57. The third kappa shape index (κ3) is 3.50. The highest BCUT2D eigenvalue weighted by atomic mass is 35.5. The third-order valence-corrected chi connectivity index (χ3v) is 5.66. The van der Waals surface area contributed by atoms with Gasteiger partial charge in [0.1, 0.15) is 18.2 Å². The molecule has 0 aliphatic heterocycles. The number of nitrogens with zero attached hydrogens (tertiary/aromatic N) is 3. The molecule has 0 aliphatic rings. The predicted octanol–water partition coefficient (Wildman–Crippen LogP) is 4.58. The highest BCUT2D eigenvalue weighted by molar-refractivity contribution is 7.16. The lowest BCUT2D eigenvalue weighted by Gasteiger charge is -2.09. The Kier molecular flexibility index (Phi) is 4.76. The van der Waals surface area contributed by atoms with Gasteiger partial charge in [-0.2, -0.15) is 0 Å². The zero-order valence-electron chi connectivity index (χ0n) is 15.0. The van der Waals surface area contributed by atoms with Gasteiger partial charge < -0.3 is 9.30 Å². The number of thiophene rings is 1. The van der Waals surface area contributed by atoms with E-state index in [2.05, 4.69) is 16.5 Å². The molecule has 0 radical (unpaired) electrons. The summed E-state index contributed by atoms with van der Waals surface area (Å²) in [4.78, 5) is 18.2. The summed E-state index contributed by atoms with van der Waals surface area (Å²) in [7, 11) is 1.99. The second-order valence-corrected chi connectivity index (χ2v) is 7.98. The van der Waals surface area contributed by atoms with Gasteiger partial charge >= 0.3 is 0 Å². The van der Waals surface area contributed by atoms with Crippen LogP contribution in [0.5, 0.6) is 5.75 Å². The molecule has 4 aromatic rings. The van der Waals surface area contributed by atoms with Crippen LogP contribution < -0.4 is 10.3 Å². The van der Waals surface area contributed by atoms with Crippen molar-refractivity contribution in [3.8, 4) is 11.4 Å². The van der Waals surface area contributed by atoms with E-state index >= 15 is 0 Å². The second-order valence-electron chi connectivity index (χ2n) is 6.18. The average Bonchev–Trinajstić information content (AvgIpc) is 3.23. The molecule has 0 bridgehead atoms. The smallest absolute Gasteiger partial charge is 0.258 e. The molecule has 27 heavy (non-hydrogen) atoms. The highest BCUT2D eigenvalue weighted by Crippen LogP contribution is 2.23. The molecule has 4 rings (SSSR count). The first-order valence-electron chi connectivity index (χ1n) is 8.60. The largest absolute Gasteiger partial charge is 0.488 e. The van der Waals surface area contributed by atoms with Crippen LogP contribution >= 0.6 is 22.9 Å². The number of imidazole rings is 1. The van der Waals surface area contributed by atoms with Gasteiger partial charge in [0.2, 0.25) is 0 Å². The Labute approximate surface area is 165 Å². The van der Waals surface area contributed by atoms with Gasteiger partial charge in [-0.15, -0.1) is 11.3 Å². The molecule has 0 aliphatic carbocycles. The lowest BCUT2D eigenvalue weighted by Crippen LogP contribution is -2.16. The Bertz CT molecular complexity index is 1180. The number of pyridine rings is 1. The SMILES string of the molecule is CCc1nc2ccc(-n3ccc(OCc4ccc(Cl)s4)cc3=O)cc2n1C. The molecule has 138 valence electrons. The standard InChI is InChI=1S/C20H18ClN3O2S/c1-3-19-22-16-6-4-13(10-17(16)23(19)2)24-9-8-14(11-20(24)25)26-12-15-5-7-18(21)27-15/h4-11H,3,12H2,1-2H3. The number of ether oxygens (including phenoxy) is 1. The van der Waals surface area contributed by atoms with Gasteiger partial charge in [-0.25, -0.2) is 4.98 Å². The Morgan fingerprint density at radius 3 is 2.74 bits per heavy atom. The van der Waals surface area contributed by atoms with Gasteiger partial charge in [-0.3, -0.25) is 9.36 Å². The first-order chi connectivity index (χ1) is 13.0. The molecule has 0 atom stereocenters. The van der Waals surface area contributed by atoms with Crippen LogP contribution in [-0.2, 0) is 20.1 Å². The van der Waals surface area contributed by atoms with Crippen molar-refractivity contribution in [3.05, 3.63) is 74.1 Å². The van der Waals surface area contributed by atoms with Crippen molar-refractivity contribution in [1.29, 1.82) is 0 Å². The fourth-order valence-corrected chi connectivity index (χ4v) is 4.04. The molecule has 0 N–H and O–H groups in total. The number of benzene rings is 1. The van der Waals surface area contributed by atoms with E-state index in [1.807, 2.05) is 37.4 Å². The van der Waals surface area contributed by atoms with Crippen molar-refractivity contribution in [2.75, 3.05) is 0 Å². The fourth-order valence-electron chi connectivity index (χ4n) is 3.04. The predicted molar refractivity (Wildman–Crippen MR) is 109 cm³/mol. The quantitative estimate of drug-likeness (QED) is 0.493. The molecule has 0 unspecified atom stereocenters. The number of aryl methyl sites for hydroxylation is 2. The molecular formula is C20H18ClN3O2S. The normalized spacial score (nSPS) is 11.2. The van der Waals surface area contributed by atoms with Gasteiger partial charge in [-0.05, 0) is 36.4 Å². The van der Waals surface area contributed by atoms with Crippen LogP contribution in [0.1, 0.15) is 17.6 Å². The summed E-state index contributed by atoms with van der Waals surface area (Å²) in [5, 5.41) is 0. The van der Waals surface area contributed by atoms with E-state index in [1.54, 1.807) is 16.8 Å². The van der Waals surface area contributed by atoms with E-state index in [-0.39, 0.29) is 5.56 Å². The number of hydrogen-bond donors (Lipinski definition) is 0. The van der Waals surface area contributed by atoms with Crippen molar-refractivity contribution in [2.45, 2.75) is 20.0 Å². The van der Waals surface area contributed by atoms with Crippen LogP contribution in [0.25, 0.3) is 16.7 Å². The van der Waals surface area contributed by atoms with Gasteiger partial charge in [-0.1, -0.05) is 18.5 Å². The molecule has 0 saturated carbocycles. The number of rotatable bonds is 5. The van der Waals surface area contributed by atoms with Gasteiger partial charge in [0.25, 0.3) is 5.56 Å². The summed E-state index contributed by atoms with van der Waals surface area (Å²) in [6, 6.07) is 12.9. The Morgan fingerprint density at radius 2 is 2.04 bits per heavy atom. The number of aromatic nitrogens is 3. The van der Waals surface area contributed by atoms with Crippen molar-refractivity contribution in [1.82, 2.24) is 14.1 Å². The van der Waals surface area contributed by atoms with Gasteiger partial charge in [0.05, 0.1) is 21.1 Å². The average molecular weight is 400 g/mol. The molecule has 1 aromatic carbocycles. The van der Waals surface area contributed by atoms with Crippen LogP contribution in [0.15, 0.2) is 53.5 Å². The second kappa shape index (κ2) is 7.21. The topological polar surface area (TPSA) is 49.1 Å². The molecule has 5 nitrogen and oxygen atoms in total. The first kappa shape index (κ1) is 17.8. The van der Waals surface area contributed by atoms with Crippen LogP contribution in [0.3, 0.4) is 0 Å². The van der Waals surface area contributed by atoms with Crippen molar-refractivity contribution in [3.63, 3.8) is 0 Å². The maximum atomic E-state index is 12.6. The molecule has 0 spiro atoms. The summed E-state index contributed by atoms with van der Waals surface area (Å²) in [6.07, 6.45) is 2.60. The molecule has 3 heterocycles. The lowest BCUT2D eigenvalue weighted by molar-refractivity contribution is 0.309. The minimum Gasteiger partial charge on any atom is -0.488 e. The molecule has 7 heteroatoms. The van der Waals surface area contributed by atoms with E-state index < -0.39 is 0 Å². The minimum absolute atomic E-state index is 0.144. The lowest BCUT2D eigenvalue weighted by atomic mass is 10.2. The van der Waals surface area contributed by atoms with E-state index in [4.69, 9.17) is 16.3 Å². The van der Waals surface area contributed by atoms with Crippen molar-refractivity contribution >= 4 is 34.0 Å². The van der Waals surface area contributed by atoms with E-state index in [0.29, 0.717) is 12.4 Å². The van der Waals surface area contributed by atoms with Crippen molar-refractivity contribution in [2.24, 2.45) is 7.05 Å². The van der Waals surface area contributed by atoms with Crippen LogP contribution in [0.4, 0.5) is 0 Å². The molecular weight excluding hydrogens is 382 g/mol. The molecule has 0 amide bonds. The monoisotopic (exact) mass is 399 g/mol. The maximum Gasteiger partial charge on any atom is 0.258 e. The number of fused-ring (bicyclic) bond motifs is 1. The zero-order chi connectivity index (χ0) is 19.0. The summed E-state index contributed by atoms with van der Waals surface area (Å²) in [5.41, 5.74) is 2.59. The summed E-state index contributed by atoms with van der Waals surface area (Å²) >= 11 is 7.39. The van der Waals surface area contributed by atoms with E-state index in [9.17, 15) is 4.79 Å². The fraction of sp³-hybridized carbons (Fsp3) is 0.200. The maximum absolute atomic E-state index is 12.6. The minimum atomic E-state index is -0.144. The van der Waals surface area contributed by atoms with Gasteiger partial charge in [0.15, 0.2) is 0 Å². The molecule has 0 saturated heterocycles. The number of hydrogen-bond acceptors (Lipinski definition) is 4. The molecule has 3 aromatic heterocycles. The molecule has 0 fully saturated rings. The zero-order valence-corrected chi connectivity index (χ0v) is 16.5. The third-order valence-electron chi connectivity index (χ3n) is 4.45. The van der Waals surface area contributed by atoms with E-state index in [0.717, 1.165) is 38.2 Å². The van der Waals surface area contributed by atoms with Crippen molar-refractivity contribution < 1.29 is 4.74 Å². The van der Waals surface area contributed by atoms with Crippen LogP contribution in [0, 0.1) is 0 Å². The van der Waals surface area contributed by atoms with Gasteiger partial charge in [0, 0.05) is 30.6 Å². The number of halogens is 1. The Balaban J connectivity index is 1.61. The Morgan fingerprint density at radius 1 is 1.19 bits per heavy atom. The highest BCUT2D eigenvalue weighted by Gasteiger charge is 2.09.